The van der Waals surface area contributed by atoms with E-state index in [1.54, 1.807) is 24.3 Å². The molecule has 0 aromatic heterocycles. The Kier molecular flexibility index (Phi) is 8.05. The third-order valence-corrected chi connectivity index (χ3v) is 3.29. The van der Waals surface area contributed by atoms with E-state index < -0.39 is 23.8 Å². The molecule has 1 aromatic carbocycles. The maximum atomic E-state index is 11.7. The molecule has 0 bridgehead atoms. The van der Waals surface area contributed by atoms with E-state index >= 15 is 0 Å². The van der Waals surface area contributed by atoms with Crippen LogP contribution in [0.4, 0.5) is 0 Å². The van der Waals surface area contributed by atoms with E-state index in [-0.39, 0.29) is 19.1 Å². The minimum Gasteiger partial charge on any atom is -0.482 e. The number of para-hydroxylation sites is 1. The first kappa shape index (κ1) is 19.8. The van der Waals surface area contributed by atoms with Gasteiger partial charge in [0.2, 0.25) is 5.91 Å². The normalized spacial score (nSPS) is 11.7. The molecule has 0 unspecified atom stereocenters. The number of carbonyl (C=O) groups is 3. The molecule has 0 saturated heterocycles. The van der Waals surface area contributed by atoms with E-state index in [4.69, 9.17) is 21.4 Å². The fraction of sp³-hybridized carbons (Fsp3) is 0.438. The van der Waals surface area contributed by atoms with Gasteiger partial charge in [0.15, 0.2) is 6.61 Å². The lowest BCUT2D eigenvalue weighted by molar-refractivity contribution is -0.142. The van der Waals surface area contributed by atoms with E-state index in [1.807, 2.05) is 13.8 Å². The number of carboxylic acids is 1. The number of nitrogens with one attached hydrogen (secondary N) is 2. The molecule has 8 heteroatoms. The first-order valence-corrected chi connectivity index (χ1v) is 7.83. The van der Waals surface area contributed by atoms with Gasteiger partial charge in [0.1, 0.15) is 11.8 Å². The van der Waals surface area contributed by atoms with Crippen molar-refractivity contribution in [2.75, 3.05) is 13.2 Å². The number of hydrogen-bond acceptors (Lipinski definition) is 4. The summed E-state index contributed by atoms with van der Waals surface area (Å²) in [4.78, 5) is 34.4. The van der Waals surface area contributed by atoms with Gasteiger partial charge in [0, 0.05) is 0 Å². The highest BCUT2D eigenvalue weighted by molar-refractivity contribution is 6.32. The third-order valence-electron chi connectivity index (χ3n) is 2.98. The summed E-state index contributed by atoms with van der Waals surface area (Å²) in [5.41, 5.74) is 0. The van der Waals surface area contributed by atoms with Gasteiger partial charge in [-0.3, -0.25) is 9.59 Å². The van der Waals surface area contributed by atoms with Gasteiger partial charge in [-0.05, 0) is 24.5 Å². The van der Waals surface area contributed by atoms with Crippen LogP contribution in [-0.2, 0) is 14.4 Å². The molecule has 3 N–H and O–H groups in total. The standard InChI is InChI=1S/C16H21ClN2O5/c1-10(2)7-12(16(22)23)19-14(20)8-18-15(21)9-24-13-6-4-3-5-11(13)17/h3-6,10,12H,7-9H2,1-2H3,(H,18,21)(H,19,20)(H,22,23)/t12-/m0/s1. The van der Waals surface area contributed by atoms with Crippen LogP contribution in [0.15, 0.2) is 24.3 Å². The maximum Gasteiger partial charge on any atom is 0.326 e. The van der Waals surface area contributed by atoms with Crippen LogP contribution in [-0.4, -0.2) is 42.1 Å². The Morgan fingerprint density at radius 3 is 2.46 bits per heavy atom. The van der Waals surface area contributed by atoms with Crippen molar-refractivity contribution < 1.29 is 24.2 Å². The quantitative estimate of drug-likeness (QED) is 0.621. The Morgan fingerprint density at radius 1 is 1.21 bits per heavy atom. The Morgan fingerprint density at radius 2 is 1.88 bits per heavy atom. The Labute approximate surface area is 145 Å². The summed E-state index contributed by atoms with van der Waals surface area (Å²) in [5.74, 6) is -1.72. The van der Waals surface area contributed by atoms with Crippen LogP contribution >= 0.6 is 11.6 Å². The summed E-state index contributed by atoms with van der Waals surface area (Å²) in [6, 6.07) is 5.71. The predicted octanol–water partition coefficient (Wildman–Crippen LogP) is 1.45. The lowest BCUT2D eigenvalue weighted by Gasteiger charge is -2.16. The van der Waals surface area contributed by atoms with E-state index in [1.165, 1.54) is 0 Å². The molecule has 0 saturated carbocycles. The molecule has 1 atom stereocenters. The van der Waals surface area contributed by atoms with Crippen molar-refractivity contribution in [3.8, 4) is 5.75 Å². The Hall–Kier alpha value is -2.28. The molecule has 0 aliphatic carbocycles. The number of rotatable bonds is 9. The zero-order chi connectivity index (χ0) is 18.1. The van der Waals surface area contributed by atoms with Crippen molar-refractivity contribution in [2.24, 2.45) is 5.92 Å². The highest BCUT2D eigenvalue weighted by Crippen LogP contribution is 2.22. The largest absolute Gasteiger partial charge is 0.482 e. The summed E-state index contributed by atoms with van der Waals surface area (Å²) in [5, 5.41) is 14.2. The Bertz CT molecular complexity index is 592. The zero-order valence-electron chi connectivity index (χ0n) is 13.5. The monoisotopic (exact) mass is 356 g/mol. The molecule has 7 nitrogen and oxygen atoms in total. The van der Waals surface area contributed by atoms with Gasteiger partial charge in [-0.25, -0.2) is 4.79 Å². The van der Waals surface area contributed by atoms with Crippen LogP contribution in [0.1, 0.15) is 20.3 Å². The highest BCUT2D eigenvalue weighted by Gasteiger charge is 2.21. The number of carboxylic acid groups (broad SMARTS) is 1. The maximum absolute atomic E-state index is 11.7. The van der Waals surface area contributed by atoms with Crippen molar-refractivity contribution in [1.82, 2.24) is 10.6 Å². The number of carbonyl (C=O) groups excluding carboxylic acids is 2. The van der Waals surface area contributed by atoms with E-state index in [0.29, 0.717) is 17.2 Å². The van der Waals surface area contributed by atoms with Crippen molar-refractivity contribution in [1.29, 1.82) is 0 Å². The predicted molar refractivity (Wildman–Crippen MR) is 89.0 cm³/mol. The molecule has 24 heavy (non-hydrogen) atoms. The van der Waals surface area contributed by atoms with E-state index in [2.05, 4.69) is 10.6 Å². The number of hydrogen-bond donors (Lipinski definition) is 3. The first-order valence-electron chi connectivity index (χ1n) is 7.45. The molecular formula is C16H21ClN2O5. The molecule has 0 spiro atoms. The number of ether oxygens (including phenoxy) is 1. The molecule has 0 radical (unpaired) electrons. The van der Waals surface area contributed by atoms with E-state index in [0.717, 1.165) is 0 Å². The molecule has 0 aliphatic heterocycles. The SMILES string of the molecule is CC(C)C[C@H](NC(=O)CNC(=O)COc1ccccc1Cl)C(=O)O. The summed E-state index contributed by atoms with van der Waals surface area (Å²) in [6.07, 6.45) is 0.310. The highest BCUT2D eigenvalue weighted by atomic mass is 35.5. The number of benzene rings is 1. The molecule has 0 heterocycles. The number of aliphatic carboxylic acids is 1. The van der Waals surface area contributed by atoms with Crippen molar-refractivity contribution in [3.05, 3.63) is 29.3 Å². The summed E-state index contributed by atoms with van der Waals surface area (Å²) < 4.78 is 5.23. The van der Waals surface area contributed by atoms with Crippen LogP contribution in [0.5, 0.6) is 5.75 Å². The average Bonchev–Trinajstić information content (AvgIpc) is 2.51. The second kappa shape index (κ2) is 9.77. The summed E-state index contributed by atoms with van der Waals surface area (Å²) in [7, 11) is 0. The third kappa shape index (κ3) is 7.32. The fourth-order valence-corrected chi connectivity index (χ4v) is 2.06. The zero-order valence-corrected chi connectivity index (χ0v) is 14.3. The van der Waals surface area contributed by atoms with Gasteiger partial charge >= 0.3 is 5.97 Å². The molecule has 0 fully saturated rings. The van der Waals surface area contributed by atoms with Gasteiger partial charge in [-0.2, -0.15) is 0 Å². The van der Waals surface area contributed by atoms with Crippen molar-refractivity contribution in [2.45, 2.75) is 26.3 Å². The van der Waals surface area contributed by atoms with Gasteiger partial charge in [0.05, 0.1) is 11.6 Å². The van der Waals surface area contributed by atoms with Gasteiger partial charge < -0.3 is 20.5 Å². The fourth-order valence-electron chi connectivity index (χ4n) is 1.87. The second-order valence-corrected chi connectivity index (χ2v) is 5.99. The average molecular weight is 357 g/mol. The molecule has 1 aromatic rings. The first-order chi connectivity index (χ1) is 11.3. The number of halogens is 1. The minimum atomic E-state index is -1.11. The molecule has 1 rings (SSSR count). The molecule has 0 aliphatic rings. The molecule has 2 amide bonds. The van der Waals surface area contributed by atoms with Crippen molar-refractivity contribution >= 4 is 29.4 Å². The van der Waals surface area contributed by atoms with Gasteiger partial charge in [-0.1, -0.05) is 37.6 Å². The van der Waals surface area contributed by atoms with Crippen LogP contribution in [0.2, 0.25) is 5.02 Å². The smallest absolute Gasteiger partial charge is 0.326 e. The van der Waals surface area contributed by atoms with Crippen LogP contribution in [0.3, 0.4) is 0 Å². The van der Waals surface area contributed by atoms with Crippen LogP contribution < -0.4 is 15.4 Å². The summed E-state index contributed by atoms with van der Waals surface area (Å²) >= 11 is 5.89. The van der Waals surface area contributed by atoms with E-state index in [9.17, 15) is 14.4 Å². The summed E-state index contributed by atoms with van der Waals surface area (Å²) in [6.45, 7) is 3.09. The van der Waals surface area contributed by atoms with Crippen LogP contribution in [0.25, 0.3) is 0 Å². The molecule has 132 valence electrons. The Balaban J connectivity index is 2.36. The van der Waals surface area contributed by atoms with Crippen LogP contribution in [0, 0.1) is 5.92 Å². The molecular weight excluding hydrogens is 336 g/mol. The lowest BCUT2D eigenvalue weighted by Crippen LogP contribution is -2.46. The van der Waals surface area contributed by atoms with Gasteiger partial charge in [0.25, 0.3) is 5.91 Å². The van der Waals surface area contributed by atoms with Gasteiger partial charge in [-0.15, -0.1) is 0 Å². The van der Waals surface area contributed by atoms with Crippen molar-refractivity contribution in [3.63, 3.8) is 0 Å². The topological polar surface area (TPSA) is 105 Å². The number of amides is 2. The minimum absolute atomic E-state index is 0.116. The second-order valence-electron chi connectivity index (χ2n) is 5.58. The lowest BCUT2D eigenvalue weighted by atomic mass is 10.0.